The number of carbonyl (C=O) groups is 1. The Labute approximate surface area is 236 Å². The molecule has 0 spiro atoms. The van der Waals surface area contributed by atoms with Crippen LogP contribution in [0.25, 0.3) is 0 Å². The van der Waals surface area contributed by atoms with Crippen molar-refractivity contribution < 1.29 is 32.5 Å². The van der Waals surface area contributed by atoms with Gasteiger partial charge in [0.1, 0.15) is 34.5 Å². The number of nitrogens with zero attached hydrogens (tertiary/aromatic N) is 1. The monoisotopic (exact) mass is 567 g/mol. The molecule has 1 aliphatic rings. The van der Waals surface area contributed by atoms with Crippen molar-refractivity contribution in [1.82, 2.24) is 0 Å². The second kappa shape index (κ2) is 11.2. The molecule has 0 aliphatic heterocycles. The molecule has 3 atom stereocenters. The molecular weight excluding hydrogens is 540 g/mol. The average molecular weight is 568 g/mol. The van der Waals surface area contributed by atoms with E-state index in [0.717, 1.165) is 6.08 Å². The van der Waals surface area contributed by atoms with Gasteiger partial charge in [0.25, 0.3) is 0 Å². The van der Waals surface area contributed by atoms with Gasteiger partial charge in [0.05, 0.1) is 17.5 Å². The summed E-state index contributed by atoms with van der Waals surface area (Å²) in [5.74, 6) is -1.54. The van der Waals surface area contributed by atoms with E-state index < -0.39 is 34.9 Å². The van der Waals surface area contributed by atoms with Crippen LogP contribution in [0.1, 0.15) is 32.4 Å². The van der Waals surface area contributed by atoms with Crippen molar-refractivity contribution in [3.8, 4) is 29.1 Å². The number of ether oxygens (including phenoxy) is 4. The molecule has 0 amide bonds. The first kappa shape index (κ1) is 28.9. The van der Waals surface area contributed by atoms with Crippen LogP contribution in [0.3, 0.4) is 0 Å². The van der Waals surface area contributed by atoms with E-state index in [1.807, 2.05) is 24.3 Å². The van der Waals surface area contributed by atoms with Gasteiger partial charge in [0.15, 0.2) is 0 Å². The summed E-state index contributed by atoms with van der Waals surface area (Å²) in [7, 11) is 0. The quantitative estimate of drug-likeness (QED) is 0.172. The number of esters is 1. The molecule has 40 heavy (non-hydrogen) atoms. The van der Waals surface area contributed by atoms with E-state index in [0.29, 0.717) is 29.4 Å². The normalized spacial score (nSPS) is 20.0. The molecule has 9 heteroatoms. The van der Waals surface area contributed by atoms with Crippen LogP contribution in [0.4, 0.5) is 8.78 Å². The number of carbonyl (C=O) groups excluding carboxylic acids is 1. The lowest BCUT2D eigenvalue weighted by Gasteiger charge is -2.22. The summed E-state index contributed by atoms with van der Waals surface area (Å²) in [5.41, 5.74) is -2.82. The van der Waals surface area contributed by atoms with Crippen LogP contribution in [-0.2, 0) is 9.53 Å². The van der Waals surface area contributed by atoms with Crippen molar-refractivity contribution in [3.63, 3.8) is 0 Å². The van der Waals surface area contributed by atoms with Gasteiger partial charge < -0.3 is 18.9 Å². The molecule has 6 nitrogen and oxygen atoms in total. The molecule has 0 saturated heterocycles. The van der Waals surface area contributed by atoms with Crippen molar-refractivity contribution in [1.29, 1.82) is 5.26 Å². The maximum absolute atomic E-state index is 15.6. The van der Waals surface area contributed by atoms with E-state index >= 15 is 8.78 Å². The van der Waals surface area contributed by atoms with E-state index in [4.69, 9.17) is 30.5 Å². The summed E-state index contributed by atoms with van der Waals surface area (Å²) in [6.07, 6.45) is -4.07. The minimum absolute atomic E-state index is 0.0713. The average Bonchev–Trinajstić information content (AvgIpc) is 3.47. The topological polar surface area (TPSA) is 77.8 Å². The molecule has 0 radical (unpaired) electrons. The van der Waals surface area contributed by atoms with Crippen molar-refractivity contribution in [2.45, 2.75) is 33.0 Å². The first-order valence-corrected chi connectivity index (χ1v) is 12.9. The van der Waals surface area contributed by atoms with Gasteiger partial charge in [-0.3, -0.25) is 4.79 Å². The molecule has 0 bridgehead atoms. The third kappa shape index (κ3) is 5.34. The molecule has 0 aromatic heterocycles. The van der Waals surface area contributed by atoms with Crippen LogP contribution in [0.15, 0.2) is 85.5 Å². The lowest BCUT2D eigenvalue weighted by Crippen LogP contribution is -2.33. The van der Waals surface area contributed by atoms with Gasteiger partial charge in [-0.05, 0) is 48.7 Å². The summed E-state index contributed by atoms with van der Waals surface area (Å²) in [4.78, 5) is 13.5. The number of hydrogen-bond acceptors (Lipinski definition) is 6. The van der Waals surface area contributed by atoms with E-state index in [2.05, 4.69) is 6.58 Å². The fourth-order valence-electron chi connectivity index (χ4n) is 5.09. The molecule has 1 unspecified atom stereocenters. The van der Waals surface area contributed by atoms with Crippen LogP contribution in [-0.4, -0.2) is 18.7 Å². The number of para-hydroxylation sites is 1. The summed E-state index contributed by atoms with van der Waals surface area (Å²) < 4.78 is 53.0. The van der Waals surface area contributed by atoms with E-state index in [1.165, 1.54) is 32.0 Å². The smallest absolute Gasteiger partial charge is 0.402 e. The Morgan fingerprint density at radius 1 is 1.10 bits per heavy atom. The summed E-state index contributed by atoms with van der Waals surface area (Å²) in [6.45, 7) is 8.81. The highest BCUT2D eigenvalue weighted by atomic mass is 35.5. The van der Waals surface area contributed by atoms with Gasteiger partial charge >= 0.3 is 12.1 Å². The van der Waals surface area contributed by atoms with Crippen molar-refractivity contribution in [3.05, 3.63) is 96.0 Å². The molecule has 3 aromatic carbocycles. The van der Waals surface area contributed by atoms with Crippen LogP contribution in [0.5, 0.6) is 23.0 Å². The maximum Gasteiger partial charge on any atom is 0.402 e. The Kier molecular flexibility index (Phi) is 8.08. The highest BCUT2D eigenvalue weighted by Gasteiger charge is 2.84. The molecule has 4 rings (SSSR count). The Balaban J connectivity index is 1.54. The van der Waals surface area contributed by atoms with Gasteiger partial charge in [0.2, 0.25) is 6.10 Å². The summed E-state index contributed by atoms with van der Waals surface area (Å²) in [5, 5.41) is 9.75. The van der Waals surface area contributed by atoms with E-state index in [9.17, 15) is 10.1 Å². The lowest BCUT2D eigenvalue weighted by molar-refractivity contribution is -0.205. The molecule has 3 aromatic rings. The van der Waals surface area contributed by atoms with Crippen LogP contribution < -0.4 is 14.2 Å². The van der Waals surface area contributed by atoms with Crippen molar-refractivity contribution >= 4 is 17.6 Å². The number of alkyl halides is 2. The highest BCUT2D eigenvalue weighted by molar-refractivity contribution is 6.32. The maximum atomic E-state index is 15.6. The largest absolute Gasteiger partial charge is 0.494 e. The predicted molar refractivity (Wildman–Crippen MR) is 146 cm³/mol. The minimum atomic E-state index is -3.83. The van der Waals surface area contributed by atoms with E-state index in [-0.39, 0.29) is 10.8 Å². The SMILES string of the molecule is C=C[C@@]1(C(=O)OC(C#N)c2cccc(Oc3ccccc3)c2)[C@H](C(F)(F)Oc2ccc(OCC)cc2Cl)C1(C)C. The van der Waals surface area contributed by atoms with Crippen LogP contribution in [0, 0.1) is 28.1 Å². The summed E-state index contributed by atoms with van der Waals surface area (Å²) in [6, 6.07) is 21.5. The first-order chi connectivity index (χ1) is 19.0. The van der Waals surface area contributed by atoms with Gasteiger partial charge in [-0.25, -0.2) is 0 Å². The number of halogens is 3. The fourth-order valence-corrected chi connectivity index (χ4v) is 5.30. The Bertz CT molecular complexity index is 1440. The second-order valence-corrected chi connectivity index (χ2v) is 10.2. The molecule has 0 heterocycles. The van der Waals surface area contributed by atoms with Crippen LogP contribution in [0.2, 0.25) is 5.02 Å². The lowest BCUT2D eigenvalue weighted by atomic mass is 9.96. The number of rotatable bonds is 11. The van der Waals surface area contributed by atoms with Crippen molar-refractivity contribution in [2.24, 2.45) is 16.7 Å². The Hall–Kier alpha value is -4.09. The zero-order valence-electron chi connectivity index (χ0n) is 22.2. The third-order valence-corrected chi connectivity index (χ3v) is 7.39. The van der Waals surface area contributed by atoms with Crippen molar-refractivity contribution in [2.75, 3.05) is 6.61 Å². The Morgan fingerprint density at radius 2 is 1.80 bits per heavy atom. The predicted octanol–water partition coefficient (Wildman–Crippen LogP) is 8.14. The zero-order valence-corrected chi connectivity index (χ0v) is 23.0. The standard InChI is InChI=1S/C31H28ClF2NO5/c1-5-30(27(29(30,3)4)31(33,34)40-25-16-15-22(37-6-2)18-24(25)32)28(36)39-26(19-35)20-11-10-14-23(17-20)38-21-12-8-7-9-13-21/h5,7-18,26-27H,1,6H2,2-4H3/t26?,27-,30+/m1/s1. The minimum Gasteiger partial charge on any atom is -0.494 e. The van der Waals surface area contributed by atoms with E-state index in [1.54, 1.807) is 43.3 Å². The molecule has 1 fully saturated rings. The Morgan fingerprint density at radius 3 is 2.42 bits per heavy atom. The fraction of sp³-hybridized carbons (Fsp3) is 0.290. The first-order valence-electron chi connectivity index (χ1n) is 12.6. The molecule has 1 saturated carbocycles. The number of benzene rings is 3. The number of nitriles is 1. The highest BCUT2D eigenvalue weighted by Crippen LogP contribution is 2.75. The zero-order chi connectivity index (χ0) is 29.1. The number of hydrogen-bond donors (Lipinski definition) is 0. The summed E-state index contributed by atoms with van der Waals surface area (Å²) >= 11 is 6.16. The third-order valence-electron chi connectivity index (χ3n) is 7.10. The van der Waals surface area contributed by atoms with Gasteiger partial charge in [0, 0.05) is 11.6 Å². The molecule has 0 N–H and O–H groups in total. The van der Waals surface area contributed by atoms with Gasteiger partial charge in [-0.2, -0.15) is 14.0 Å². The van der Waals surface area contributed by atoms with Crippen LogP contribution >= 0.6 is 11.6 Å². The second-order valence-electron chi connectivity index (χ2n) is 9.82. The molecule has 208 valence electrons. The molecular formula is C31H28ClF2NO5. The molecule has 1 aliphatic carbocycles. The van der Waals surface area contributed by atoms with Gasteiger partial charge in [-0.1, -0.05) is 61.9 Å². The van der Waals surface area contributed by atoms with Gasteiger partial charge in [-0.15, -0.1) is 6.58 Å².